The van der Waals surface area contributed by atoms with Crippen LogP contribution in [0.1, 0.15) is 64.4 Å². The van der Waals surface area contributed by atoms with Crippen molar-refractivity contribution in [2.24, 2.45) is 10.6 Å². The summed E-state index contributed by atoms with van der Waals surface area (Å²) in [5, 5.41) is 4.19. The zero-order valence-corrected chi connectivity index (χ0v) is 79.6. The first-order valence-corrected chi connectivity index (χ1v) is 85.9. The van der Waals surface area contributed by atoms with Crippen LogP contribution in [0.15, 0.2) is 64.6 Å². The molecule has 1 saturated heterocycles. The maximum atomic E-state index is 17.2. The van der Waals surface area contributed by atoms with Gasteiger partial charge in [0.2, 0.25) is 0 Å². The van der Waals surface area contributed by atoms with Crippen molar-refractivity contribution in [3.63, 3.8) is 0 Å². The summed E-state index contributed by atoms with van der Waals surface area (Å²) in [6, 6.07) is 10.7. The Morgan fingerprint density at radius 3 is 0.932 bits per heavy atom. The molecule has 0 spiro atoms. The minimum atomic E-state index is -4.32. The average Bonchev–Trinajstić information content (AvgIpc) is 1.39. The fourth-order valence-electron chi connectivity index (χ4n) is 21.1. The molecule has 0 aliphatic carbocycles. The Labute approximate surface area is 558 Å². The van der Waals surface area contributed by atoms with Crippen LogP contribution in [-0.2, 0) is 18.6 Å². The van der Waals surface area contributed by atoms with Crippen molar-refractivity contribution >= 4 is 147 Å². The SMILES string of the molecule is C[Si](C)(C)C(c1cc(C([Si](C)(C)C)[Si](C)(C)C)c([Si@]2(S(C)(=O)=O)C=CC3C(C=N2)C2=CC=CCN2[Si@]3(c2c(C([Si](C)(C)C)[Si](C)(C)C)cc(C([Si](C)(C)C)[Si](C)(C)C)cc2C([Si](C)(C)C)[Si](C)(C)C)S(C)(=O)=O)c(C([Si](C)(C)C)[Si](C)(C)C)c1)[Si](C)(C)C. The van der Waals surface area contributed by atoms with E-state index in [1.807, 2.05) is 0 Å². The lowest BCUT2D eigenvalue weighted by Crippen LogP contribution is -2.70. The highest BCUT2D eigenvalue weighted by Gasteiger charge is 2.70. The van der Waals surface area contributed by atoms with Gasteiger partial charge in [0.05, 0.1) is 0 Å². The van der Waals surface area contributed by atoms with E-state index < -0.39 is 142 Å². The topological polar surface area (TPSA) is 83.9 Å². The van der Waals surface area contributed by atoms with Crippen LogP contribution in [0.3, 0.4) is 0 Å². The van der Waals surface area contributed by atoms with E-state index >= 15 is 16.8 Å². The highest BCUT2D eigenvalue weighted by atomic mass is 32.4. The Hall–Kier alpha value is 0.0664. The zero-order valence-electron chi connectivity index (χ0n) is 63.9. The number of allylic oxidation sites excluding steroid dienone is 4. The molecule has 2 unspecified atom stereocenters. The van der Waals surface area contributed by atoms with Crippen LogP contribution >= 0.6 is 0 Å². The molecule has 3 aliphatic heterocycles. The molecule has 3 heterocycles. The third-order valence-electron chi connectivity index (χ3n) is 20.1. The van der Waals surface area contributed by atoms with Gasteiger partial charge in [0.1, 0.15) is 9.29 Å². The Bertz CT molecular complexity index is 3120. The van der Waals surface area contributed by atoms with Crippen LogP contribution in [0, 0.1) is 5.92 Å². The van der Waals surface area contributed by atoms with Gasteiger partial charge in [0.25, 0.3) is 0 Å². The van der Waals surface area contributed by atoms with Gasteiger partial charge in [-0.25, -0.2) is 16.8 Å². The number of hydrogen-bond acceptors (Lipinski definition) is 6. The Morgan fingerprint density at radius 2 is 0.682 bits per heavy atom. The van der Waals surface area contributed by atoms with E-state index in [-0.39, 0.29) is 20.7 Å². The van der Waals surface area contributed by atoms with Crippen molar-refractivity contribution in [3.05, 3.63) is 93.3 Å². The maximum absolute atomic E-state index is 17.2. The van der Waals surface area contributed by atoms with E-state index in [1.54, 1.807) is 12.5 Å². The summed E-state index contributed by atoms with van der Waals surface area (Å²) in [5.41, 5.74) is 11.1. The first-order valence-electron chi connectivity index (χ1n) is 33.7. The Kier molecular flexibility index (Phi) is 22.0. The number of nitrogens with zero attached hydrogens (tertiary/aromatic N) is 2. The molecule has 2 aromatic rings. The van der Waals surface area contributed by atoms with Gasteiger partial charge >= 0.3 is 14.8 Å². The highest BCUT2D eigenvalue weighted by molar-refractivity contribution is 8.24. The van der Waals surface area contributed by atoms with Crippen molar-refractivity contribution in [3.8, 4) is 0 Å². The van der Waals surface area contributed by atoms with Gasteiger partial charge < -0.3 is 9.22 Å². The fourth-order valence-corrected chi connectivity index (χ4v) is 117. The van der Waals surface area contributed by atoms with Gasteiger partial charge in [-0.15, -0.1) is 0 Å². The van der Waals surface area contributed by atoms with Gasteiger partial charge in [-0.05, 0) is 87.0 Å². The van der Waals surface area contributed by atoms with Crippen LogP contribution in [0.4, 0.5) is 0 Å². The number of fused-ring (bicyclic) bond motifs is 3. The summed E-state index contributed by atoms with van der Waals surface area (Å²) in [7, 11) is -41.4. The second kappa shape index (κ2) is 24.6. The first-order chi connectivity index (χ1) is 38.6. The molecular weight excluding hydrogens is 1340 g/mol. The summed E-state index contributed by atoms with van der Waals surface area (Å²) in [5.74, 6) is -0.436. The highest BCUT2D eigenvalue weighted by Crippen LogP contribution is 2.56. The number of hydrogen-bond donors (Lipinski definition) is 0. The summed E-state index contributed by atoms with van der Waals surface area (Å²) < 4.78 is 76.1. The summed E-state index contributed by atoms with van der Waals surface area (Å²) in [6.45, 7) is 93.2. The minimum Gasteiger partial charge on any atom is -0.381 e. The van der Waals surface area contributed by atoms with Gasteiger partial charge in [0.15, 0.2) is 9.29 Å². The van der Waals surface area contributed by atoms with E-state index in [9.17, 15) is 0 Å². The molecule has 4 atom stereocenters. The lowest BCUT2D eigenvalue weighted by atomic mass is 10.0. The van der Waals surface area contributed by atoms with E-state index in [0.717, 1.165) is 10.9 Å². The van der Waals surface area contributed by atoms with Gasteiger partial charge in [-0.2, -0.15) is 0 Å². The van der Waals surface area contributed by atoms with Gasteiger partial charge in [-0.1, -0.05) is 284 Å². The second-order valence-electron chi connectivity index (χ2n) is 41.4. The second-order valence-corrected chi connectivity index (χ2v) is 125. The predicted molar refractivity (Wildman–Crippen MR) is 439 cm³/mol. The van der Waals surface area contributed by atoms with E-state index in [4.69, 9.17) is 4.66 Å². The van der Waals surface area contributed by atoms with Crippen molar-refractivity contribution in [2.75, 3.05) is 19.1 Å². The third kappa shape index (κ3) is 15.4. The summed E-state index contributed by atoms with van der Waals surface area (Å²) >= 11 is 0. The van der Waals surface area contributed by atoms with Crippen LogP contribution in [0.2, 0.25) is 241 Å². The molecule has 0 bridgehead atoms. The van der Waals surface area contributed by atoms with Crippen LogP contribution in [0.25, 0.3) is 0 Å². The molecule has 5 rings (SSSR count). The molecule has 500 valence electrons. The maximum Gasteiger partial charge on any atom is 0.367 e. The van der Waals surface area contributed by atoms with Crippen LogP contribution < -0.4 is 10.4 Å². The molecule has 3 aliphatic rings. The van der Waals surface area contributed by atoms with Crippen LogP contribution in [-0.4, -0.2) is 158 Å². The fraction of sp³-hybridized carbons (Fsp3) is 0.712. The van der Waals surface area contributed by atoms with E-state index in [2.05, 4.69) is 301 Å². The molecule has 6 nitrogen and oxygen atoms in total. The molecule has 0 N–H and O–H groups in total. The van der Waals surface area contributed by atoms with Crippen molar-refractivity contribution in [1.29, 1.82) is 0 Å². The smallest absolute Gasteiger partial charge is 0.367 e. The molecule has 2 aromatic carbocycles. The van der Waals surface area contributed by atoms with Gasteiger partial charge in [0, 0.05) is 133 Å². The average molecular weight is 1480 g/mol. The zero-order chi connectivity index (χ0) is 68.9. The lowest BCUT2D eigenvalue weighted by molar-refractivity contribution is 0.568. The minimum absolute atomic E-state index is 0.241. The number of rotatable bonds is 22. The van der Waals surface area contributed by atoms with E-state index in [0.29, 0.717) is 16.9 Å². The summed E-state index contributed by atoms with van der Waals surface area (Å²) in [4.78, 5) is 0. The largest absolute Gasteiger partial charge is 0.381 e. The quantitative estimate of drug-likeness (QED) is 0.110. The van der Waals surface area contributed by atoms with Gasteiger partial charge in [-0.3, -0.25) is 0 Å². The normalized spacial score (nSPS) is 22.0. The van der Waals surface area contributed by atoms with E-state index in [1.165, 1.54) is 38.6 Å². The molecule has 0 radical (unpaired) electrons. The third-order valence-corrected chi connectivity index (χ3v) is 94.9. The van der Waals surface area contributed by atoms with Crippen molar-refractivity contribution < 1.29 is 16.8 Å². The van der Waals surface area contributed by atoms with Crippen molar-refractivity contribution in [1.82, 2.24) is 4.57 Å². The molecule has 0 amide bonds. The lowest BCUT2D eigenvalue weighted by Gasteiger charge is -2.50. The molecule has 1 fully saturated rings. The monoisotopic (exact) mass is 1470 g/mol. The first kappa shape index (κ1) is 78.8. The number of benzene rings is 2. The molecular formula is C66H134N2O4S2Si14. The Balaban J connectivity index is 2.35. The standard InChI is InChI=1S/C66H134N2O4S2Si14/c1-73(69,70)87(59-52(63(79(15,16)17)80(18,19)20)45-50(61(75(3,4)5)76(6,7)8)46-53(59)64(81(21,22)23)82(24,25)26)44-42-58-56(49-67-87)57-41-39-40-43-68(57)88(58,74(2,71)72)60-54(65(83(27,28)29)84(30,31)32)47-51(62(77(9,10)11)78(12,13)14)48-55(60)66(85(33,34)35)86(36,37)38/h39-42,44-49,56,58,61-66H,43H2,1-38H3/t56?,58?,87-,88+/m1/s1. The van der Waals surface area contributed by atoms with Crippen molar-refractivity contribution in [2.45, 2.75) is 272 Å². The van der Waals surface area contributed by atoms with Crippen LogP contribution in [0.5, 0.6) is 0 Å². The molecule has 22 heteroatoms. The predicted octanol–water partition coefficient (Wildman–Crippen LogP) is 18.7. The molecule has 0 saturated carbocycles. The summed E-state index contributed by atoms with van der Waals surface area (Å²) in [6.07, 6.45) is 14.3. The molecule has 88 heavy (non-hydrogen) atoms. The molecule has 0 aromatic heterocycles. The Morgan fingerprint density at radius 1 is 0.409 bits per heavy atom.